The Balaban J connectivity index is 1.79. The molecule has 2 rings (SSSR count). The molecule has 1 unspecified atom stereocenters. The first kappa shape index (κ1) is 20.0. The van der Waals surface area contributed by atoms with E-state index < -0.39 is 0 Å². The van der Waals surface area contributed by atoms with E-state index in [1.54, 1.807) is 7.05 Å². The van der Waals surface area contributed by atoms with Gasteiger partial charge in [-0.15, -0.1) is 0 Å². The molecule has 0 saturated heterocycles. The minimum Gasteiger partial charge on any atom is -0.378 e. The second-order valence-corrected chi connectivity index (χ2v) is 6.43. The van der Waals surface area contributed by atoms with Crippen LogP contribution in [-0.4, -0.2) is 37.4 Å². The number of nitrogens with zero attached hydrogens (tertiary/aromatic N) is 2. The van der Waals surface area contributed by atoms with Gasteiger partial charge in [-0.1, -0.05) is 49.3 Å². The van der Waals surface area contributed by atoms with Gasteiger partial charge in [-0.25, -0.2) is 0 Å². The van der Waals surface area contributed by atoms with Gasteiger partial charge in [-0.3, -0.25) is 4.99 Å². The highest BCUT2D eigenvalue weighted by molar-refractivity contribution is 5.79. The van der Waals surface area contributed by atoms with Crippen molar-refractivity contribution in [1.29, 1.82) is 0 Å². The summed E-state index contributed by atoms with van der Waals surface area (Å²) in [5, 5.41) is 10.7. The Morgan fingerprint density at radius 2 is 2.00 bits per heavy atom. The Morgan fingerprint density at radius 1 is 1.23 bits per heavy atom. The molecule has 1 atom stereocenters. The molecule has 2 N–H and O–H groups in total. The van der Waals surface area contributed by atoms with Gasteiger partial charge >= 0.3 is 0 Å². The van der Waals surface area contributed by atoms with Gasteiger partial charge in [0.1, 0.15) is 5.69 Å². The van der Waals surface area contributed by atoms with Crippen LogP contribution in [0.1, 0.15) is 32.9 Å². The normalized spacial score (nSPS) is 13.0. The summed E-state index contributed by atoms with van der Waals surface area (Å²) in [5.74, 6) is 2.01. The highest BCUT2D eigenvalue weighted by Gasteiger charge is 2.13. The molecule has 0 amide bonds. The van der Waals surface area contributed by atoms with Gasteiger partial charge in [-0.05, 0) is 19.3 Å². The zero-order valence-corrected chi connectivity index (χ0v) is 16.2. The van der Waals surface area contributed by atoms with Crippen molar-refractivity contribution in [3.63, 3.8) is 0 Å². The third-order valence-corrected chi connectivity index (χ3v) is 4.12. The molecule has 1 heterocycles. The lowest BCUT2D eigenvalue weighted by Crippen LogP contribution is -2.39. The molecule has 26 heavy (non-hydrogen) atoms. The summed E-state index contributed by atoms with van der Waals surface area (Å²) in [6.45, 7) is 8.49. The van der Waals surface area contributed by atoms with Crippen LogP contribution in [0.4, 0.5) is 0 Å². The molecule has 0 aliphatic rings. The fourth-order valence-corrected chi connectivity index (χ4v) is 2.68. The molecule has 6 nitrogen and oxygen atoms in total. The molecule has 1 aromatic carbocycles. The molecule has 2 aromatic rings. The average Bonchev–Trinajstić information content (AvgIpc) is 3.13. The second kappa shape index (κ2) is 10.6. The Kier molecular flexibility index (Phi) is 8.15. The van der Waals surface area contributed by atoms with Crippen LogP contribution in [-0.2, 0) is 11.3 Å². The SMILES string of the molecule is CCOC(CCNC(=NC)NCc1cc(-c2ccccc2)on1)C(C)C. The average molecular weight is 358 g/mol. The first-order valence-corrected chi connectivity index (χ1v) is 9.21. The number of benzene rings is 1. The van der Waals surface area contributed by atoms with Crippen LogP contribution in [0.25, 0.3) is 11.3 Å². The van der Waals surface area contributed by atoms with Crippen LogP contribution in [0.5, 0.6) is 0 Å². The van der Waals surface area contributed by atoms with Gasteiger partial charge < -0.3 is 19.9 Å². The minimum absolute atomic E-state index is 0.259. The smallest absolute Gasteiger partial charge is 0.191 e. The van der Waals surface area contributed by atoms with Gasteiger partial charge in [0.2, 0.25) is 0 Å². The number of hydrogen-bond donors (Lipinski definition) is 2. The molecule has 142 valence electrons. The van der Waals surface area contributed by atoms with Crippen LogP contribution in [0.2, 0.25) is 0 Å². The van der Waals surface area contributed by atoms with E-state index in [1.807, 2.05) is 43.3 Å². The number of aliphatic imine (C=N–C) groups is 1. The Morgan fingerprint density at radius 3 is 2.65 bits per heavy atom. The monoisotopic (exact) mass is 358 g/mol. The Bertz CT molecular complexity index is 667. The molecular weight excluding hydrogens is 328 g/mol. The molecular formula is C20H30N4O2. The summed E-state index contributed by atoms with van der Waals surface area (Å²) in [7, 11) is 1.76. The van der Waals surface area contributed by atoms with E-state index in [2.05, 4.69) is 34.6 Å². The van der Waals surface area contributed by atoms with Gasteiger partial charge in [0, 0.05) is 31.8 Å². The van der Waals surface area contributed by atoms with Crippen molar-refractivity contribution < 1.29 is 9.26 Å². The lowest BCUT2D eigenvalue weighted by Gasteiger charge is -2.21. The number of guanidine groups is 1. The molecule has 0 radical (unpaired) electrons. The van der Waals surface area contributed by atoms with E-state index in [4.69, 9.17) is 9.26 Å². The van der Waals surface area contributed by atoms with Crippen molar-refractivity contribution in [2.24, 2.45) is 10.9 Å². The highest BCUT2D eigenvalue weighted by Crippen LogP contribution is 2.19. The molecule has 6 heteroatoms. The topological polar surface area (TPSA) is 71.7 Å². The molecule has 0 spiro atoms. The maximum atomic E-state index is 5.77. The number of ether oxygens (including phenoxy) is 1. The van der Waals surface area contributed by atoms with Crippen molar-refractivity contribution in [3.8, 4) is 11.3 Å². The zero-order valence-electron chi connectivity index (χ0n) is 16.2. The summed E-state index contributed by atoms with van der Waals surface area (Å²) in [6, 6.07) is 11.9. The Labute approximate surface area is 156 Å². The predicted octanol–water partition coefficient (Wildman–Crippen LogP) is 3.46. The fourth-order valence-electron chi connectivity index (χ4n) is 2.68. The number of rotatable bonds is 9. The second-order valence-electron chi connectivity index (χ2n) is 6.43. The quantitative estimate of drug-likeness (QED) is 0.531. The first-order chi connectivity index (χ1) is 12.6. The van der Waals surface area contributed by atoms with Crippen molar-refractivity contribution in [2.75, 3.05) is 20.2 Å². The maximum absolute atomic E-state index is 5.77. The lowest BCUT2D eigenvalue weighted by molar-refractivity contribution is 0.0258. The summed E-state index contributed by atoms with van der Waals surface area (Å²) < 4.78 is 11.2. The van der Waals surface area contributed by atoms with Crippen molar-refractivity contribution in [1.82, 2.24) is 15.8 Å². The molecule has 0 fully saturated rings. The van der Waals surface area contributed by atoms with Gasteiger partial charge in [0.15, 0.2) is 11.7 Å². The predicted molar refractivity (Wildman–Crippen MR) is 105 cm³/mol. The molecule has 0 saturated carbocycles. The van der Waals surface area contributed by atoms with E-state index in [0.717, 1.165) is 42.5 Å². The standard InChI is InChI=1S/C20H30N4O2/c1-5-25-18(15(2)3)11-12-22-20(21-4)23-14-17-13-19(26-24-17)16-9-7-6-8-10-16/h6-10,13,15,18H,5,11-12,14H2,1-4H3,(H2,21,22,23). The van der Waals surface area contributed by atoms with Crippen molar-refractivity contribution in [2.45, 2.75) is 39.8 Å². The summed E-state index contributed by atoms with van der Waals surface area (Å²) >= 11 is 0. The van der Waals surface area contributed by atoms with Crippen molar-refractivity contribution >= 4 is 5.96 Å². The lowest BCUT2D eigenvalue weighted by atomic mass is 10.0. The van der Waals surface area contributed by atoms with E-state index in [-0.39, 0.29) is 6.10 Å². The van der Waals surface area contributed by atoms with Crippen LogP contribution in [0.15, 0.2) is 45.9 Å². The fraction of sp³-hybridized carbons (Fsp3) is 0.500. The highest BCUT2D eigenvalue weighted by atomic mass is 16.5. The van der Waals surface area contributed by atoms with Crippen LogP contribution in [0.3, 0.4) is 0 Å². The van der Waals surface area contributed by atoms with E-state index in [0.29, 0.717) is 12.5 Å². The molecule has 0 aliphatic heterocycles. The van der Waals surface area contributed by atoms with E-state index >= 15 is 0 Å². The third-order valence-electron chi connectivity index (χ3n) is 4.12. The maximum Gasteiger partial charge on any atom is 0.191 e. The third kappa shape index (κ3) is 6.19. The summed E-state index contributed by atoms with van der Waals surface area (Å²) in [6.07, 6.45) is 1.20. The largest absolute Gasteiger partial charge is 0.378 e. The van der Waals surface area contributed by atoms with E-state index in [1.165, 1.54) is 0 Å². The van der Waals surface area contributed by atoms with E-state index in [9.17, 15) is 0 Å². The summed E-state index contributed by atoms with van der Waals surface area (Å²) in [4.78, 5) is 4.25. The number of nitrogens with one attached hydrogen (secondary N) is 2. The number of hydrogen-bond acceptors (Lipinski definition) is 4. The molecule has 0 bridgehead atoms. The van der Waals surface area contributed by atoms with Gasteiger partial charge in [-0.2, -0.15) is 0 Å². The number of aromatic nitrogens is 1. The van der Waals surface area contributed by atoms with Crippen molar-refractivity contribution in [3.05, 3.63) is 42.1 Å². The van der Waals surface area contributed by atoms with Crippen LogP contribution >= 0.6 is 0 Å². The van der Waals surface area contributed by atoms with Gasteiger partial charge in [0.05, 0.1) is 12.6 Å². The first-order valence-electron chi connectivity index (χ1n) is 9.21. The zero-order chi connectivity index (χ0) is 18.8. The Hall–Kier alpha value is -2.34. The molecule has 0 aliphatic carbocycles. The van der Waals surface area contributed by atoms with Gasteiger partial charge in [0.25, 0.3) is 0 Å². The van der Waals surface area contributed by atoms with Crippen LogP contribution in [0, 0.1) is 5.92 Å². The summed E-state index contributed by atoms with van der Waals surface area (Å²) in [5.41, 5.74) is 1.85. The van der Waals surface area contributed by atoms with Crippen LogP contribution < -0.4 is 10.6 Å². The molecule has 1 aromatic heterocycles. The minimum atomic E-state index is 0.259.